The molecule has 0 aliphatic carbocycles. The molecule has 124 valence electrons. The van der Waals surface area contributed by atoms with E-state index in [4.69, 9.17) is 9.47 Å². The summed E-state index contributed by atoms with van der Waals surface area (Å²) in [5, 5.41) is 0. The van der Waals surface area contributed by atoms with Gasteiger partial charge < -0.3 is 9.47 Å². The Morgan fingerprint density at radius 2 is 1.48 bits per heavy atom. The molecule has 0 spiro atoms. The second kappa shape index (κ2) is 10.6. The first-order valence-corrected chi connectivity index (χ1v) is 8.06. The normalized spacial score (nSPS) is 12.8. The third kappa shape index (κ3) is 13.7. The minimum absolute atomic E-state index is 0.133. The molecule has 0 fully saturated rings. The minimum Gasteiger partial charge on any atom is -0.466 e. The molecular weight excluding hydrogens is 268 g/mol. The Hall–Kier alpha value is -1.06. The molecule has 0 aromatic carbocycles. The highest BCUT2D eigenvalue weighted by atomic mass is 16.5. The van der Waals surface area contributed by atoms with Crippen LogP contribution in [0, 0.1) is 11.3 Å². The Labute approximate surface area is 129 Å². The highest BCUT2D eigenvalue weighted by molar-refractivity contribution is 5.69. The summed E-state index contributed by atoms with van der Waals surface area (Å²) in [5.41, 5.74) is 0.263. The van der Waals surface area contributed by atoms with Crippen molar-refractivity contribution in [2.45, 2.75) is 73.1 Å². The lowest BCUT2D eigenvalue weighted by Gasteiger charge is -2.22. The summed E-state index contributed by atoms with van der Waals surface area (Å²) in [6.07, 6.45) is 4.31. The van der Waals surface area contributed by atoms with Gasteiger partial charge in [0.25, 0.3) is 0 Å². The van der Waals surface area contributed by atoms with Gasteiger partial charge in [-0.1, -0.05) is 34.1 Å². The number of esters is 2. The number of carbonyl (C=O) groups is 2. The predicted molar refractivity (Wildman–Crippen MR) is 83.9 cm³/mol. The summed E-state index contributed by atoms with van der Waals surface area (Å²) in [5.74, 6) is 0.0979. The predicted octanol–water partition coefficient (Wildman–Crippen LogP) is 4.12. The third-order valence-electron chi connectivity index (χ3n) is 3.06. The van der Waals surface area contributed by atoms with Crippen LogP contribution < -0.4 is 0 Å². The van der Waals surface area contributed by atoms with Crippen LogP contribution in [0.2, 0.25) is 0 Å². The van der Waals surface area contributed by atoms with Gasteiger partial charge in [-0.2, -0.15) is 0 Å². The van der Waals surface area contributed by atoms with E-state index in [0.29, 0.717) is 32.0 Å². The van der Waals surface area contributed by atoms with Crippen LogP contribution in [0.4, 0.5) is 0 Å². The van der Waals surface area contributed by atoms with Gasteiger partial charge in [0.05, 0.1) is 13.2 Å². The fraction of sp³-hybridized carbons (Fsp3) is 0.882. The van der Waals surface area contributed by atoms with Crippen LogP contribution in [-0.2, 0) is 19.1 Å². The second-order valence-corrected chi connectivity index (χ2v) is 6.92. The van der Waals surface area contributed by atoms with Gasteiger partial charge in [-0.05, 0) is 37.5 Å². The third-order valence-corrected chi connectivity index (χ3v) is 3.06. The smallest absolute Gasteiger partial charge is 0.305 e. The molecule has 0 radical (unpaired) electrons. The highest BCUT2D eigenvalue weighted by Crippen LogP contribution is 2.24. The van der Waals surface area contributed by atoms with Crippen LogP contribution in [-0.4, -0.2) is 25.2 Å². The number of unbranched alkanes of at least 4 members (excludes halogenated alkanes) is 2. The summed E-state index contributed by atoms with van der Waals surface area (Å²) in [6.45, 7) is 11.4. The fourth-order valence-corrected chi connectivity index (χ4v) is 2.36. The van der Waals surface area contributed by atoms with Crippen molar-refractivity contribution >= 4 is 11.9 Å². The van der Waals surface area contributed by atoms with Crippen LogP contribution in [0.15, 0.2) is 0 Å². The van der Waals surface area contributed by atoms with E-state index in [1.165, 1.54) is 0 Å². The van der Waals surface area contributed by atoms with Crippen molar-refractivity contribution in [3.05, 3.63) is 0 Å². The Bertz CT molecular complexity index is 304. The van der Waals surface area contributed by atoms with Crippen LogP contribution in [0.25, 0.3) is 0 Å². The van der Waals surface area contributed by atoms with E-state index < -0.39 is 0 Å². The lowest BCUT2D eigenvalue weighted by Crippen LogP contribution is -2.17. The first-order chi connectivity index (χ1) is 9.74. The van der Waals surface area contributed by atoms with Crippen molar-refractivity contribution in [3.63, 3.8) is 0 Å². The van der Waals surface area contributed by atoms with Crippen molar-refractivity contribution in [1.29, 1.82) is 0 Å². The molecule has 0 rings (SSSR count). The molecule has 0 saturated carbocycles. The molecule has 1 unspecified atom stereocenters. The topological polar surface area (TPSA) is 52.6 Å². The van der Waals surface area contributed by atoms with E-state index in [0.717, 1.165) is 25.7 Å². The monoisotopic (exact) mass is 300 g/mol. The quantitative estimate of drug-likeness (QED) is 0.450. The summed E-state index contributed by atoms with van der Waals surface area (Å²) in [4.78, 5) is 22.7. The summed E-state index contributed by atoms with van der Waals surface area (Å²) < 4.78 is 10.1. The maximum absolute atomic E-state index is 11.6. The van der Waals surface area contributed by atoms with Crippen LogP contribution in [0.5, 0.6) is 0 Å². The Kier molecular flexibility index (Phi) is 10.1. The Morgan fingerprint density at radius 1 is 0.952 bits per heavy atom. The van der Waals surface area contributed by atoms with Crippen LogP contribution >= 0.6 is 0 Å². The van der Waals surface area contributed by atoms with Gasteiger partial charge in [0.2, 0.25) is 0 Å². The van der Waals surface area contributed by atoms with Gasteiger partial charge in [-0.3, -0.25) is 9.59 Å². The summed E-state index contributed by atoms with van der Waals surface area (Å²) >= 11 is 0. The number of hydrogen-bond acceptors (Lipinski definition) is 4. The Balaban J connectivity index is 3.57. The largest absolute Gasteiger partial charge is 0.466 e. The summed E-state index contributed by atoms with van der Waals surface area (Å²) in [6, 6.07) is 0. The van der Waals surface area contributed by atoms with Gasteiger partial charge >= 0.3 is 11.9 Å². The second-order valence-electron chi connectivity index (χ2n) is 6.92. The van der Waals surface area contributed by atoms with Gasteiger partial charge in [-0.25, -0.2) is 0 Å². The minimum atomic E-state index is -0.156. The molecule has 0 heterocycles. The number of ether oxygens (including phenoxy) is 2. The molecule has 4 nitrogen and oxygen atoms in total. The molecule has 0 aliphatic rings. The molecule has 1 atom stereocenters. The molecular formula is C17H32O4. The van der Waals surface area contributed by atoms with E-state index in [1.807, 2.05) is 0 Å². The van der Waals surface area contributed by atoms with Crippen molar-refractivity contribution < 1.29 is 19.1 Å². The number of hydrogen-bond donors (Lipinski definition) is 0. The van der Waals surface area contributed by atoms with Gasteiger partial charge in [0.15, 0.2) is 0 Å². The molecule has 21 heavy (non-hydrogen) atoms. The van der Waals surface area contributed by atoms with E-state index in [2.05, 4.69) is 27.7 Å². The van der Waals surface area contributed by atoms with Gasteiger partial charge in [-0.15, -0.1) is 0 Å². The van der Waals surface area contributed by atoms with E-state index in [9.17, 15) is 9.59 Å². The maximum Gasteiger partial charge on any atom is 0.305 e. The molecule has 0 N–H and O–H groups in total. The van der Waals surface area contributed by atoms with Crippen LogP contribution in [0.1, 0.15) is 73.1 Å². The van der Waals surface area contributed by atoms with E-state index in [-0.39, 0.29) is 17.4 Å². The van der Waals surface area contributed by atoms with Gasteiger partial charge in [0, 0.05) is 12.8 Å². The van der Waals surface area contributed by atoms with E-state index >= 15 is 0 Å². The van der Waals surface area contributed by atoms with Crippen LogP contribution in [0.3, 0.4) is 0 Å². The first-order valence-electron chi connectivity index (χ1n) is 8.06. The zero-order valence-electron chi connectivity index (χ0n) is 14.4. The molecule has 0 bridgehead atoms. The molecule has 0 aromatic heterocycles. The van der Waals surface area contributed by atoms with Crippen molar-refractivity contribution in [2.24, 2.45) is 11.3 Å². The standard InChI is InChI=1S/C17H32O4/c1-6-20-15(18)10-8-7-9-11-16(19)21-13-14(2)12-17(3,4)5/h14H,6-13H2,1-5H3. The number of carbonyl (C=O) groups excluding carboxylic acids is 2. The van der Waals surface area contributed by atoms with Crippen molar-refractivity contribution in [1.82, 2.24) is 0 Å². The lowest BCUT2D eigenvalue weighted by atomic mass is 9.86. The van der Waals surface area contributed by atoms with Gasteiger partial charge in [0.1, 0.15) is 0 Å². The zero-order valence-corrected chi connectivity index (χ0v) is 14.4. The molecule has 0 aliphatic heterocycles. The van der Waals surface area contributed by atoms with Crippen molar-refractivity contribution in [3.8, 4) is 0 Å². The molecule has 0 aromatic rings. The number of rotatable bonds is 10. The average Bonchev–Trinajstić information content (AvgIpc) is 2.34. The SMILES string of the molecule is CCOC(=O)CCCCCC(=O)OCC(C)CC(C)(C)C. The zero-order chi connectivity index (χ0) is 16.3. The Morgan fingerprint density at radius 3 is 1.95 bits per heavy atom. The van der Waals surface area contributed by atoms with Crippen molar-refractivity contribution in [2.75, 3.05) is 13.2 Å². The average molecular weight is 300 g/mol. The first kappa shape index (κ1) is 19.9. The highest BCUT2D eigenvalue weighted by Gasteiger charge is 2.16. The molecule has 0 saturated heterocycles. The maximum atomic E-state index is 11.6. The lowest BCUT2D eigenvalue weighted by molar-refractivity contribution is -0.145. The molecule has 0 amide bonds. The fourth-order valence-electron chi connectivity index (χ4n) is 2.36. The molecule has 4 heteroatoms. The van der Waals surface area contributed by atoms with E-state index in [1.54, 1.807) is 6.92 Å². The summed E-state index contributed by atoms with van der Waals surface area (Å²) in [7, 11) is 0.